The van der Waals surface area contributed by atoms with Gasteiger partial charge in [0.05, 0.1) is 0 Å². The first-order valence-corrected chi connectivity index (χ1v) is 5.95. The zero-order valence-electron chi connectivity index (χ0n) is 10.6. The molecule has 0 saturated carbocycles. The minimum atomic E-state index is -1.38. The summed E-state index contributed by atoms with van der Waals surface area (Å²) >= 11 is 0. The van der Waals surface area contributed by atoms with Crippen LogP contribution in [0.5, 0.6) is 5.75 Å². The number of rotatable bonds is 6. The zero-order valence-corrected chi connectivity index (χ0v) is 10.6. The second-order valence-electron chi connectivity index (χ2n) is 4.87. The molecule has 0 aliphatic heterocycles. The lowest BCUT2D eigenvalue weighted by molar-refractivity contribution is -0.151. The molecule has 1 aromatic rings. The number of hydrogen-bond acceptors (Lipinski definition) is 3. The van der Waals surface area contributed by atoms with E-state index in [-0.39, 0.29) is 11.7 Å². The highest BCUT2D eigenvalue weighted by molar-refractivity contribution is 6.33. The first-order chi connectivity index (χ1) is 8.40. The highest BCUT2D eigenvalue weighted by Crippen LogP contribution is 2.20. The second kappa shape index (κ2) is 6.19. The molecule has 2 N–H and O–H groups in total. The van der Waals surface area contributed by atoms with Crippen molar-refractivity contribution in [2.75, 3.05) is 0 Å². The van der Waals surface area contributed by atoms with Gasteiger partial charge in [0.1, 0.15) is 5.75 Å². The van der Waals surface area contributed by atoms with Crippen LogP contribution in [0.3, 0.4) is 0 Å². The zero-order chi connectivity index (χ0) is 13.7. The largest absolute Gasteiger partial charge is 0.508 e. The predicted octanol–water partition coefficient (Wildman–Crippen LogP) is 2.25. The number of ketones is 1. The van der Waals surface area contributed by atoms with E-state index in [0.717, 1.165) is 5.56 Å². The lowest BCUT2D eigenvalue weighted by Gasteiger charge is -2.15. The van der Waals surface area contributed by atoms with E-state index in [1.807, 2.05) is 13.8 Å². The molecule has 0 bridgehead atoms. The standard InChI is InChI=1S/C14H18O4/c1-9(2)7-11(13(16)14(17)18)8-10-3-5-12(15)6-4-10/h3-6,9,11,15H,7-8H2,1-2H3,(H,17,18)/t11-/m0/s1. The monoisotopic (exact) mass is 250 g/mol. The third kappa shape index (κ3) is 4.20. The van der Waals surface area contributed by atoms with E-state index in [9.17, 15) is 14.7 Å². The third-order valence-electron chi connectivity index (χ3n) is 2.76. The van der Waals surface area contributed by atoms with Crippen LogP contribution in [-0.2, 0) is 16.0 Å². The van der Waals surface area contributed by atoms with E-state index in [2.05, 4.69) is 0 Å². The Morgan fingerprint density at radius 3 is 2.17 bits per heavy atom. The Balaban J connectivity index is 2.81. The molecule has 0 amide bonds. The molecule has 1 rings (SSSR count). The van der Waals surface area contributed by atoms with E-state index in [4.69, 9.17) is 5.11 Å². The summed E-state index contributed by atoms with van der Waals surface area (Å²) < 4.78 is 0. The van der Waals surface area contributed by atoms with Crippen LogP contribution in [0.25, 0.3) is 0 Å². The van der Waals surface area contributed by atoms with Gasteiger partial charge in [0.15, 0.2) is 0 Å². The van der Waals surface area contributed by atoms with Gasteiger partial charge >= 0.3 is 5.97 Å². The van der Waals surface area contributed by atoms with E-state index >= 15 is 0 Å². The number of benzene rings is 1. The summed E-state index contributed by atoms with van der Waals surface area (Å²) in [7, 11) is 0. The summed E-state index contributed by atoms with van der Waals surface area (Å²) in [6.45, 7) is 3.91. The van der Waals surface area contributed by atoms with Crippen LogP contribution in [0.1, 0.15) is 25.8 Å². The Labute approximate surface area is 106 Å². The van der Waals surface area contributed by atoms with Crippen LogP contribution >= 0.6 is 0 Å². The number of phenolic OH excluding ortho intramolecular Hbond substituents is 1. The van der Waals surface area contributed by atoms with Gasteiger partial charge in [0.2, 0.25) is 5.78 Å². The van der Waals surface area contributed by atoms with Gasteiger partial charge in [-0.1, -0.05) is 26.0 Å². The molecule has 0 aliphatic carbocycles. The first-order valence-electron chi connectivity index (χ1n) is 5.95. The fourth-order valence-corrected chi connectivity index (χ4v) is 1.94. The fourth-order valence-electron chi connectivity index (χ4n) is 1.94. The van der Waals surface area contributed by atoms with Crippen molar-refractivity contribution < 1.29 is 19.8 Å². The normalized spacial score (nSPS) is 12.4. The summed E-state index contributed by atoms with van der Waals surface area (Å²) in [5.74, 6) is -2.21. The number of hydrogen-bond donors (Lipinski definition) is 2. The average Bonchev–Trinajstić information content (AvgIpc) is 2.29. The van der Waals surface area contributed by atoms with Crippen molar-refractivity contribution in [3.8, 4) is 5.75 Å². The smallest absolute Gasteiger partial charge is 0.372 e. The van der Waals surface area contributed by atoms with Crippen LogP contribution in [0.4, 0.5) is 0 Å². The number of carboxylic acid groups (broad SMARTS) is 1. The SMILES string of the molecule is CC(C)C[C@@H](Cc1ccc(O)cc1)C(=O)C(=O)O. The number of carbonyl (C=O) groups is 2. The topological polar surface area (TPSA) is 74.6 Å². The lowest BCUT2D eigenvalue weighted by Crippen LogP contribution is -2.26. The predicted molar refractivity (Wildman–Crippen MR) is 67.4 cm³/mol. The summed E-state index contributed by atoms with van der Waals surface area (Å²) in [4.78, 5) is 22.4. The van der Waals surface area contributed by atoms with E-state index in [0.29, 0.717) is 12.8 Å². The molecule has 0 aromatic heterocycles. The molecule has 0 saturated heterocycles. The van der Waals surface area contributed by atoms with E-state index < -0.39 is 17.7 Å². The quantitative estimate of drug-likeness (QED) is 0.759. The summed E-state index contributed by atoms with van der Waals surface area (Å²) in [6, 6.07) is 6.48. The molecule has 98 valence electrons. The summed E-state index contributed by atoms with van der Waals surface area (Å²) in [5, 5.41) is 18.0. The molecular formula is C14H18O4. The van der Waals surface area contributed by atoms with Crippen LogP contribution in [0, 0.1) is 11.8 Å². The van der Waals surface area contributed by atoms with Gasteiger partial charge in [-0.25, -0.2) is 4.79 Å². The molecule has 4 nitrogen and oxygen atoms in total. The highest BCUT2D eigenvalue weighted by atomic mass is 16.4. The van der Waals surface area contributed by atoms with Gasteiger partial charge < -0.3 is 10.2 Å². The molecule has 1 aromatic carbocycles. The van der Waals surface area contributed by atoms with Crippen molar-refractivity contribution in [3.05, 3.63) is 29.8 Å². The lowest BCUT2D eigenvalue weighted by atomic mass is 9.87. The number of aliphatic carboxylic acids is 1. The molecule has 0 fully saturated rings. The third-order valence-corrected chi connectivity index (χ3v) is 2.76. The minimum Gasteiger partial charge on any atom is -0.508 e. The maximum atomic E-state index is 11.6. The Hall–Kier alpha value is -1.84. The van der Waals surface area contributed by atoms with Crippen LogP contribution in [-0.4, -0.2) is 22.0 Å². The number of carbonyl (C=O) groups excluding carboxylic acids is 1. The maximum absolute atomic E-state index is 11.6. The van der Waals surface area contributed by atoms with Crippen molar-refractivity contribution in [2.45, 2.75) is 26.7 Å². The van der Waals surface area contributed by atoms with E-state index in [1.165, 1.54) is 12.1 Å². The van der Waals surface area contributed by atoms with Gasteiger partial charge in [-0.05, 0) is 36.5 Å². The Bertz CT molecular complexity index is 420. The van der Waals surface area contributed by atoms with E-state index in [1.54, 1.807) is 12.1 Å². The highest BCUT2D eigenvalue weighted by Gasteiger charge is 2.25. The van der Waals surface area contributed by atoms with Crippen molar-refractivity contribution in [3.63, 3.8) is 0 Å². The molecule has 0 heterocycles. The summed E-state index contributed by atoms with van der Waals surface area (Å²) in [5.41, 5.74) is 0.855. The van der Waals surface area contributed by atoms with Crippen LogP contribution < -0.4 is 0 Å². The van der Waals surface area contributed by atoms with Crippen molar-refractivity contribution in [1.82, 2.24) is 0 Å². The average molecular weight is 250 g/mol. The maximum Gasteiger partial charge on any atom is 0.372 e. The number of aromatic hydroxyl groups is 1. The van der Waals surface area contributed by atoms with Gasteiger partial charge in [-0.15, -0.1) is 0 Å². The van der Waals surface area contributed by atoms with Gasteiger partial charge in [0.25, 0.3) is 0 Å². The molecule has 0 spiro atoms. The number of Topliss-reactive ketones (excluding diaryl/α,β-unsaturated/α-hetero) is 1. The molecule has 0 aliphatic rings. The van der Waals surface area contributed by atoms with Gasteiger partial charge in [0, 0.05) is 5.92 Å². The Morgan fingerprint density at radius 2 is 1.72 bits per heavy atom. The molecule has 0 radical (unpaired) electrons. The molecule has 4 heteroatoms. The van der Waals surface area contributed by atoms with Crippen molar-refractivity contribution >= 4 is 11.8 Å². The number of carboxylic acids is 1. The Kier molecular flexibility index (Phi) is 4.89. The molecule has 1 atom stereocenters. The van der Waals surface area contributed by atoms with Gasteiger partial charge in [-0.3, -0.25) is 4.79 Å². The summed E-state index contributed by atoms with van der Waals surface area (Å²) in [6.07, 6.45) is 0.940. The van der Waals surface area contributed by atoms with Crippen LogP contribution in [0.15, 0.2) is 24.3 Å². The molecular weight excluding hydrogens is 232 g/mol. The Morgan fingerprint density at radius 1 is 1.17 bits per heavy atom. The number of phenols is 1. The molecule has 0 unspecified atom stereocenters. The second-order valence-corrected chi connectivity index (χ2v) is 4.87. The van der Waals surface area contributed by atoms with Crippen molar-refractivity contribution in [2.24, 2.45) is 11.8 Å². The fraction of sp³-hybridized carbons (Fsp3) is 0.429. The van der Waals surface area contributed by atoms with Gasteiger partial charge in [-0.2, -0.15) is 0 Å². The van der Waals surface area contributed by atoms with Crippen molar-refractivity contribution in [1.29, 1.82) is 0 Å². The van der Waals surface area contributed by atoms with Crippen LogP contribution in [0.2, 0.25) is 0 Å². The minimum absolute atomic E-state index is 0.156. The first kappa shape index (κ1) is 14.2. The molecule has 18 heavy (non-hydrogen) atoms.